The summed E-state index contributed by atoms with van der Waals surface area (Å²) in [4.78, 5) is 0. The van der Waals surface area contributed by atoms with E-state index in [4.69, 9.17) is 0 Å². The summed E-state index contributed by atoms with van der Waals surface area (Å²) in [6.07, 6.45) is 9.66. The standard InChI is InChI=1S/C47H52N2/c1-5-46(49-37(3)25-27-39-18-11-7-12-19-39)35-45-34-44(31-30-42(45)29-28-40-20-13-8-14-21-40)43-23-15-22-41(32-43)33-47(48-4)36(2)24-26-38-16-9-6-10-17-38/h5-23,30-32,34,46-49H,1-3,24-29,33,35H2,4H3. The van der Waals surface area contributed by atoms with Crippen LogP contribution < -0.4 is 10.6 Å². The molecule has 0 spiro atoms. The summed E-state index contributed by atoms with van der Waals surface area (Å²) < 4.78 is 0. The van der Waals surface area contributed by atoms with Crippen molar-refractivity contribution in [1.82, 2.24) is 10.6 Å². The van der Waals surface area contributed by atoms with E-state index in [1.54, 1.807) is 0 Å². The van der Waals surface area contributed by atoms with Crippen molar-refractivity contribution in [3.8, 4) is 11.1 Å². The zero-order valence-corrected chi connectivity index (χ0v) is 29.2. The van der Waals surface area contributed by atoms with Gasteiger partial charge in [-0.3, -0.25) is 0 Å². The van der Waals surface area contributed by atoms with Gasteiger partial charge >= 0.3 is 0 Å². The Morgan fingerprint density at radius 1 is 0.571 bits per heavy atom. The van der Waals surface area contributed by atoms with Gasteiger partial charge in [-0.15, -0.1) is 6.58 Å². The number of rotatable bonds is 19. The third kappa shape index (κ3) is 11.1. The van der Waals surface area contributed by atoms with Crippen molar-refractivity contribution >= 4 is 0 Å². The first-order valence-electron chi connectivity index (χ1n) is 17.8. The van der Waals surface area contributed by atoms with Gasteiger partial charge in [0.1, 0.15) is 0 Å². The first kappa shape index (κ1) is 35.4. The number of benzene rings is 5. The summed E-state index contributed by atoms with van der Waals surface area (Å²) in [6, 6.07) is 48.5. The summed E-state index contributed by atoms with van der Waals surface area (Å²) >= 11 is 0. The maximum Gasteiger partial charge on any atom is 0.0479 e. The van der Waals surface area contributed by atoms with Gasteiger partial charge in [0.2, 0.25) is 0 Å². The molecule has 5 aromatic carbocycles. The second-order valence-corrected chi connectivity index (χ2v) is 13.1. The highest BCUT2D eigenvalue weighted by molar-refractivity contribution is 5.66. The summed E-state index contributed by atoms with van der Waals surface area (Å²) in [6.45, 7) is 13.1. The normalized spacial score (nSPS) is 12.2. The van der Waals surface area contributed by atoms with Crippen molar-refractivity contribution in [3.63, 3.8) is 0 Å². The average Bonchev–Trinajstić information content (AvgIpc) is 3.15. The molecule has 2 N–H and O–H groups in total. The molecule has 2 heteroatoms. The minimum absolute atomic E-state index is 0.0959. The van der Waals surface area contributed by atoms with E-state index in [-0.39, 0.29) is 12.1 Å². The van der Waals surface area contributed by atoms with Gasteiger partial charge in [0, 0.05) is 17.8 Å². The number of nitrogens with one attached hydrogen (secondary N) is 2. The lowest BCUT2D eigenvalue weighted by Crippen LogP contribution is -2.29. The maximum atomic E-state index is 4.48. The lowest BCUT2D eigenvalue weighted by molar-refractivity contribution is 0.609. The molecule has 0 bridgehead atoms. The zero-order chi connectivity index (χ0) is 34.3. The lowest BCUT2D eigenvalue weighted by Gasteiger charge is -2.21. The molecule has 2 unspecified atom stereocenters. The predicted octanol–water partition coefficient (Wildman–Crippen LogP) is 10.3. The first-order chi connectivity index (χ1) is 24.0. The SMILES string of the molecule is C=CC(Cc1cc(-c2cccc(CC(NC)C(=C)CCc3ccccc3)c2)ccc1CCc1ccccc1)NC(=C)CCc1ccccc1. The molecule has 0 aliphatic heterocycles. The topological polar surface area (TPSA) is 24.1 Å². The molecule has 0 amide bonds. The molecule has 0 aliphatic rings. The van der Waals surface area contributed by atoms with E-state index in [9.17, 15) is 0 Å². The molecule has 0 saturated heterocycles. The van der Waals surface area contributed by atoms with Crippen molar-refractivity contribution in [2.75, 3.05) is 7.05 Å². The van der Waals surface area contributed by atoms with Crippen LogP contribution in [0.5, 0.6) is 0 Å². The monoisotopic (exact) mass is 644 g/mol. The number of aryl methyl sites for hydroxylation is 4. The minimum Gasteiger partial charge on any atom is -0.382 e. The minimum atomic E-state index is 0.0959. The molecule has 0 radical (unpaired) electrons. The van der Waals surface area contributed by atoms with E-state index in [0.717, 1.165) is 57.1 Å². The fraction of sp³-hybridized carbons (Fsp3) is 0.234. The van der Waals surface area contributed by atoms with Crippen LogP contribution in [0.2, 0.25) is 0 Å². The second-order valence-electron chi connectivity index (χ2n) is 13.1. The highest BCUT2D eigenvalue weighted by atomic mass is 14.9. The van der Waals surface area contributed by atoms with Crippen LogP contribution in [0, 0.1) is 0 Å². The Hall–Kier alpha value is -4.92. The van der Waals surface area contributed by atoms with Crippen LogP contribution in [0.3, 0.4) is 0 Å². The Morgan fingerprint density at radius 3 is 1.76 bits per heavy atom. The second kappa shape index (κ2) is 18.6. The van der Waals surface area contributed by atoms with Crippen molar-refractivity contribution in [3.05, 3.63) is 204 Å². The van der Waals surface area contributed by atoms with Crippen LogP contribution in [0.1, 0.15) is 46.2 Å². The zero-order valence-electron chi connectivity index (χ0n) is 29.2. The third-order valence-electron chi connectivity index (χ3n) is 9.52. The average molecular weight is 645 g/mol. The molecule has 0 saturated carbocycles. The Labute approximate surface area is 295 Å². The summed E-state index contributed by atoms with van der Waals surface area (Å²) in [7, 11) is 2.04. The molecule has 0 fully saturated rings. The van der Waals surface area contributed by atoms with Gasteiger partial charge in [-0.25, -0.2) is 0 Å². The van der Waals surface area contributed by atoms with E-state index in [1.165, 1.54) is 50.1 Å². The highest BCUT2D eigenvalue weighted by Gasteiger charge is 2.15. The third-order valence-corrected chi connectivity index (χ3v) is 9.52. The molecule has 5 aromatic rings. The molecule has 49 heavy (non-hydrogen) atoms. The van der Waals surface area contributed by atoms with Gasteiger partial charge in [-0.2, -0.15) is 0 Å². The van der Waals surface area contributed by atoms with E-state index in [0.29, 0.717) is 0 Å². The van der Waals surface area contributed by atoms with Crippen molar-refractivity contribution in [2.45, 2.75) is 63.5 Å². The van der Waals surface area contributed by atoms with E-state index < -0.39 is 0 Å². The maximum absolute atomic E-state index is 4.48. The summed E-state index contributed by atoms with van der Waals surface area (Å²) in [5.74, 6) is 0. The van der Waals surface area contributed by atoms with Crippen molar-refractivity contribution in [2.24, 2.45) is 0 Å². The lowest BCUT2D eigenvalue weighted by atomic mass is 9.90. The molecule has 0 aliphatic carbocycles. The molecule has 250 valence electrons. The van der Waals surface area contributed by atoms with Crippen LogP contribution in [-0.4, -0.2) is 19.1 Å². The van der Waals surface area contributed by atoms with Gasteiger partial charge in [-0.1, -0.05) is 158 Å². The largest absolute Gasteiger partial charge is 0.382 e. The molecule has 0 aromatic heterocycles. The molecular formula is C47H52N2. The van der Waals surface area contributed by atoms with Gasteiger partial charge < -0.3 is 10.6 Å². The fourth-order valence-corrected chi connectivity index (χ4v) is 6.56. The van der Waals surface area contributed by atoms with Crippen LogP contribution in [0.15, 0.2) is 171 Å². The predicted molar refractivity (Wildman–Crippen MR) is 211 cm³/mol. The highest BCUT2D eigenvalue weighted by Crippen LogP contribution is 2.27. The quantitative estimate of drug-likeness (QED) is 0.0875. The smallest absolute Gasteiger partial charge is 0.0479 e. The Morgan fingerprint density at radius 2 is 1.14 bits per heavy atom. The molecule has 5 rings (SSSR count). The van der Waals surface area contributed by atoms with Gasteiger partial charge in [0.05, 0.1) is 0 Å². The van der Waals surface area contributed by atoms with Gasteiger partial charge in [0.15, 0.2) is 0 Å². The number of hydrogen-bond donors (Lipinski definition) is 2. The Bertz CT molecular complexity index is 1770. The van der Waals surface area contributed by atoms with Gasteiger partial charge in [0.25, 0.3) is 0 Å². The van der Waals surface area contributed by atoms with E-state index in [1.807, 2.05) is 13.1 Å². The number of allylic oxidation sites excluding steroid dienone is 1. The van der Waals surface area contributed by atoms with E-state index in [2.05, 4.69) is 164 Å². The van der Waals surface area contributed by atoms with Crippen LogP contribution in [-0.2, 0) is 38.5 Å². The fourth-order valence-electron chi connectivity index (χ4n) is 6.56. The van der Waals surface area contributed by atoms with Gasteiger partial charge in [-0.05, 0) is 103 Å². The molecular weight excluding hydrogens is 593 g/mol. The van der Waals surface area contributed by atoms with Crippen LogP contribution >= 0.6 is 0 Å². The number of likely N-dealkylation sites (N-methyl/N-ethyl adjacent to an activating group) is 1. The van der Waals surface area contributed by atoms with Crippen molar-refractivity contribution in [1.29, 1.82) is 0 Å². The van der Waals surface area contributed by atoms with E-state index >= 15 is 0 Å². The molecule has 2 atom stereocenters. The molecule has 0 heterocycles. The Kier molecular flexibility index (Phi) is 13.4. The number of hydrogen-bond acceptors (Lipinski definition) is 2. The first-order valence-corrected chi connectivity index (χ1v) is 17.8. The summed E-state index contributed by atoms with van der Waals surface area (Å²) in [5, 5.41) is 7.21. The molecule has 2 nitrogen and oxygen atoms in total. The Balaban J connectivity index is 1.31. The summed E-state index contributed by atoms with van der Waals surface area (Å²) in [5.41, 5.74) is 12.9. The van der Waals surface area contributed by atoms with Crippen molar-refractivity contribution < 1.29 is 0 Å². The van der Waals surface area contributed by atoms with Crippen LogP contribution in [0.25, 0.3) is 11.1 Å². The van der Waals surface area contributed by atoms with Crippen LogP contribution in [0.4, 0.5) is 0 Å².